The van der Waals surface area contributed by atoms with Gasteiger partial charge in [0.05, 0.1) is 26.2 Å². The third-order valence-electron chi connectivity index (χ3n) is 3.82. The monoisotopic (exact) mass is 422 g/mol. The van der Waals surface area contributed by atoms with Crippen molar-refractivity contribution in [3.8, 4) is 0 Å². The number of carbonyl (C=O) groups is 2. The van der Waals surface area contributed by atoms with Gasteiger partial charge in [-0.05, 0) is 48.7 Å². The molecule has 140 valence electrons. The minimum atomic E-state index is -0.358. The summed E-state index contributed by atoms with van der Waals surface area (Å²) in [6.07, 6.45) is 2.00. The maximum atomic E-state index is 12.4. The van der Waals surface area contributed by atoms with Gasteiger partial charge in [-0.2, -0.15) is 0 Å². The first-order valence-corrected chi connectivity index (χ1v) is 9.69. The van der Waals surface area contributed by atoms with Crippen LogP contribution in [0.15, 0.2) is 47.1 Å². The second-order valence-electron chi connectivity index (χ2n) is 5.77. The number of hydrogen-bond acceptors (Lipinski definition) is 4. The van der Waals surface area contributed by atoms with E-state index in [1.165, 1.54) is 17.6 Å². The van der Waals surface area contributed by atoms with Crippen LogP contribution in [0.3, 0.4) is 0 Å². The molecule has 3 aromatic rings. The Hall–Kier alpha value is -2.28. The Morgan fingerprint density at radius 3 is 2.70 bits per heavy atom. The van der Waals surface area contributed by atoms with Crippen molar-refractivity contribution < 1.29 is 14.0 Å². The molecule has 1 aromatic carbocycles. The number of anilines is 1. The van der Waals surface area contributed by atoms with Gasteiger partial charge in [0.1, 0.15) is 0 Å². The number of carbonyl (C=O) groups excluding carboxylic acids is 2. The van der Waals surface area contributed by atoms with Crippen LogP contribution < -0.4 is 10.6 Å². The first-order chi connectivity index (χ1) is 13.0. The molecule has 2 N–H and O–H groups in total. The molecule has 0 radical (unpaired) electrons. The number of hydrogen-bond donors (Lipinski definition) is 2. The molecule has 5 nitrogen and oxygen atoms in total. The number of rotatable bonds is 6. The zero-order valence-corrected chi connectivity index (χ0v) is 16.7. The van der Waals surface area contributed by atoms with Gasteiger partial charge in [0.25, 0.3) is 11.8 Å². The zero-order valence-electron chi connectivity index (χ0n) is 14.3. The third kappa shape index (κ3) is 4.71. The Balaban J connectivity index is 1.59. The van der Waals surface area contributed by atoms with Crippen LogP contribution in [0.1, 0.15) is 31.4 Å². The molecule has 0 aliphatic rings. The Kier molecular flexibility index (Phi) is 6.21. The molecular weight excluding hydrogens is 407 g/mol. The average Bonchev–Trinajstić information content (AvgIpc) is 3.28. The predicted molar refractivity (Wildman–Crippen MR) is 108 cm³/mol. The van der Waals surface area contributed by atoms with Crippen LogP contribution in [-0.2, 0) is 6.42 Å². The summed E-state index contributed by atoms with van der Waals surface area (Å²) in [4.78, 5) is 25.0. The fourth-order valence-corrected chi connectivity index (χ4v) is 3.88. The number of benzene rings is 1. The quantitative estimate of drug-likeness (QED) is 0.574. The van der Waals surface area contributed by atoms with Gasteiger partial charge in [-0.1, -0.05) is 35.3 Å². The highest BCUT2D eigenvalue weighted by molar-refractivity contribution is 7.18. The molecule has 8 heteroatoms. The van der Waals surface area contributed by atoms with Crippen molar-refractivity contribution in [1.82, 2.24) is 5.32 Å². The highest BCUT2D eigenvalue weighted by Crippen LogP contribution is 2.28. The lowest BCUT2D eigenvalue weighted by atomic mass is 10.1. The average molecular weight is 423 g/mol. The van der Waals surface area contributed by atoms with Gasteiger partial charge in [-0.15, -0.1) is 11.3 Å². The number of nitrogens with one attached hydrogen (secondary N) is 2. The minimum absolute atomic E-state index is 0.200. The van der Waals surface area contributed by atoms with E-state index in [9.17, 15) is 9.59 Å². The largest absolute Gasteiger partial charge is 0.459 e. The lowest BCUT2D eigenvalue weighted by Gasteiger charge is -2.07. The van der Waals surface area contributed by atoms with Crippen LogP contribution in [0, 0.1) is 6.92 Å². The SMILES string of the molecule is Cc1cc(NC(=O)c2ccco2)sc1C(=O)NCCc1cccc(Cl)c1Cl. The molecule has 0 saturated heterocycles. The highest BCUT2D eigenvalue weighted by atomic mass is 35.5. The van der Waals surface area contributed by atoms with E-state index in [1.54, 1.807) is 24.3 Å². The van der Waals surface area contributed by atoms with E-state index in [-0.39, 0.29) is 17.6 Å². The van der Waals surface area contributed by atoms with E-state index >= 15 is 0 Å². The Bertz CT molecular complexity index is 968. The van der Waals surface area contributed by atoms with E-state index < -0.39 is 0 Å². The summed E-state index contributed by atoms with van der Waals surface area (Å²) >= 11 is 13.4. The second-order valence-corrected chi connectivity index (χ2v) is 7.61. The molecule has 3 rings (SSSR count). The van der Waals surface area contributed by atoms with E-state index in [0.717, 1.165) is 11.1 Å². The van der Waals surface area contributed by atoms with Crippen LogP contribution in [0.25, 0.3) is 0 Å². The summed E-state index contributed by atoms with van der Waals surface area (Å²) in [6.45, 7) is 2.24. The van der Waals surface area contributed by atoms with Crippen molar-refractivity contribution in [2.24, 2.45) is 0 Å². The molecule has 0 saturated carbocycles. The lowest BCUT2D eigenvalue weighted by molar-refractivity contribution is 0.0956. The van der Waals surface area contributed by atoms with Gasteiger partial charge in [0.15, 0.2) is 5.76 Å². The fraction of sp³-hybridized carbons (Fsp3) is 0.158. The van der Waals surface area contributed by atoms with E-state index in [0.29, 0.717) is 32.9 Å². The number of furan rings is 1. The first kappa shape index (κ1) is 19.5. The number of halogens is 2. The van der Waals surface area contributed by atoms with Crippen LogP contribution in [0.5, 0.6) is 0 Å². The van der Waals surface area contributed by atoms with Crippen molar-refractivity contribution in [3.05, 3.63) is 74.5 Å². The minimum Gasteiger partial charge on any atom is -0.459 e. The van der Waals surface area contributed by atoms with E-state index in [1.807, 2.05) is 19.1 Å². The molecule has 0 atom stereocenters. The molecule has 0 fully saturated rings. The summed E-state index contributed by atoms with van der Waals surface area (Å²) in [5.41, 5.74) is 1.66. The van der Waals surface area contributed by atoms with Crippen molar-refractivity contribution in [2.75, 3.05) is 11.9 Å². The standard InChI is InChI=1S/C19H16Cl2N2O3S/c1-11-10-15(23-18(24)14-6-3-9-26-14)27-17(11)19(25)22-8-7-12-4-2-5-13(20)16(12)21/h2-6,9-10H,7-8H2,1H3,(H,22,25)(H,23,24). The number of thiophene rings is 1. The Morgan fingerprint density at radius 2 is 1.96 bits per heavy atom. The van der Waals surface area contributed by atoms with Crippen LogP contribution in [0.2, 0.25) is 10.0 Å². The van der Waals surface area contributed by atoms with Gasteiger partial charge < -0.3 is 15.1 Å². The molecule has 0 unspecified atom stereocenters. The van der Waals surface area contributed by atoms with Crippen molar-refractivity contribution in [3.63, 3.8) is 0 Å². The summed E-state index contributed by atoms with van der Waals surface area (Å²) in [5.74, 6) is -0.344. The van der Waals surface area contributed by atoms with Gasteiger partial charge in [-0.3, -0.25) is 9.59 Å². The second kappa shape index (κ2) is 8.61. The Labute approximate surface area is 170 Å². The number of aryl methyl sites for hydroxylation is 1. The molecule has 2 heterocycles. The van der Waals surface area contributed by atoms with Crippen LogP contribution in [0.4, 0.5) is 5.00 Å². The van der Waals surface area contributed by atoms with Gasteiger partial charge in [0, 0.05) is 6.54 Å². The topological polar surface area (TPSA) is 71.3 Å². The zero-order chi connectivity index (χ0) is 19.4. The third-order valence-corrected chi connectivity index (χ3v) is 5.83. The van der Waals surface area contributed by atoms with Crippen LogP contribution in [-0.4, -0.2) is 18.4 Å². The summed E-state index contributed by atoms with van der Waals surface area (Å²) in [5, 5.41) is 7.17. The molecule has 0 bridgehead atoms. The molecule has 2 amide bonds. The summed E-state index contributed by atoms with van der Waals surface area (Å²) < 4.78 is 5.06. The lowest BCUT2D eigenvalue weighted by Crippen LogP contribution is -2.25. The molecule has 0 aliphatic heterocycles. The Morgan fingerprint density at radius 1 is 1.15 bits per heavy atom. The molecule has 2 aromatic heterocycles. The van der Waals surface area contributed by atoms with Gasteiger partial charge in [0.2, 0.25) is 0 Å². The molecule has 27 heavy (non-hydrogen) atoms. The highest BCUT2D eigenvalue weighted by Gasteiger charge is 2.16. The molecular formula is C19H16Cl2N2O3S. The normalized spacial score (nSPS) is 10.6. The maximum Gasteiger partial charge on any atom is 0.291 e. The van der Waals surface area contributed by atoms with E-state index in [2.05, 4.69) is 10.6 Å². The fourth-order valence-electron chi connectivity index (χ4n) is 2.48. The first-order valence-electron chi connectivity index (χ1n) is 8.12. The van der Waals surface area contributed by atoms with E-state index in [4.69, 9.17) is 27.6 Å². The van der Waals surface area contributed by atoms with Crippen LogP contribution >= 0.6 is 34.5 Å². The number of amides is 2. The summed E-state index contributed by atoms with van der Waals surface area (Å²) in [6, 6.07) is 10.4. The summed E-state index contributed by atoms with van der Waals surface area (Å²) in [7, 11) is 0. The van der Waals surface area contributed by atoms with Crippen molar-refractivity contribution in [1.29, 1.82) is 0 Å². The van der Waals surface area contributed by atoms with Gasteiger partial charge >= 0.3 is 0 Å². The predicted octanol–water partition coefficient (Wildman–Crippen LogP) is 5.18. The van der Waals surface area contributed by atoms with Crippen molar-refractivity contribution in [2.45, 2.75) is 13.3 Å². The molecule has 0 spiro atoms. The van der Waals surface area contributed by atoms with Crippen molar-refractivity contribution >= 4 is 51.4 Å². The maximum absolute atomic E-state index is 12.4. The van der Waals surface area contributed by atoms with Gasteiger partial charge in [-0.25, -0.2) is 0 Å². The smallest absolute Gasteiger partial charge is 0.291 e. The molecule has 0 aliphatic carbocycles.